The number of rotatable bonds is 4. The van der Waals surface area contributed by atoms with Crippen molar-refractivity contribution in [3.63, 3.8) is 0 Å². The van der Waals surface area contributed by atoms with Gasteiger partial charge < -0.3 is 5.32 Å². The highest BCUT2D eigenvalue weighted by atomic mass is 16.1. The summed E-state index contributed by atoms with van der Waals surface area (Å²) in [4.78, 5) is 16.7. The van der Waals surface area contributed by atoms with Crippen molar-refractivity contribution in [1.29, 1.82) is 0 Å². The summed E-state index contributed by atoms with van der Waals surface area (Å²) in [5.41, 5.74) is 2.54. The highest BCUT2D eigenvalue weighted by Gasteiger charge is 2.14. The maximum Gasteiger partial charge on any atom is 0.255 e. The van der Waals surface area contributed by atoms with Crippen LogP contribution in [0.1, 0.15) is 25.7 Å². The summed E-state index contributed by atoms with van der Waals surface area (Å²) < 4.78 is 1.61. The molecule has 2 N–H and O–H groups in total. The third kappa shape index (κ3) is 2.95. The third-order valence-corrected chi connectivity index (χ3v) is 4.48. The zero-order valence-electron chi connectivity index (χ0n) is 13.3. The molecule has 1 saturated carbocycles. The SMILES string of the molecule is O=c1ccc(-c2cn[nH]c2)cn1-c1ccc(NC2CCCC2)nc1. The van der Waals surface area contributed by atoms with Gasteiger partial charge in [0.1, 0.15) is 5.82 Å². The first kappa shape index (κ1) is 14.7. The molecule has 0 radical (unpaired) electrons. The molecule has 6 nitrogen and oxygen atoms in total. The van der Waals surface area contributed by atoms with Crippen LogP contribution in [0.2, 0.25) is 0 Å². The second kappa shape index (κ2) is 6.31. The Kier molecular flexibility index (Phi) is 3.86. The molecular weight excluding hydrogens is 302 g/mol. The minimum Gasteiger partial charge on any atom is -0.367 e. The molecule has 1 aliphatic rings. The summed E-state index contributed by atoms with van der Waals surface area (Å²) in [6.07, 6.45) is 12.1. The summed E-state index contributed by atoms with van der Waals surface area (Å²) in [6, 6.07) is 7.74. The van der Waals surface area contributed by atoms with Crippen molar-refractivity contribution in [2.24, 2.45) is 0 Å². The predicted molar refractivity (Wildman–Crippen MR) is 93.3 cm³/mol. The highest BCUT2D eigenvalue weighted by Crippen LogP contribution is 2.22. The zero-order valence-corrected chi connectivity index (χ0v) is 13.3. The van der Waals surface area contributed by atoms with Crippen molar-refractivity contribution in [2.75, 3.05) is 5.32 Å². The Balaban J connectivity index is 1.61. The first-order chi connectivity index (χ1) is 11.8. The van der Waals surface area contributed by atoms with Crippen molar-refractivity contribution >= 4 is 5.82 Å². The first-order valence-electron chi connectivity index (χ1n) is 8.24. The Morgan fingerprint density at radius 1 is 1.08 bits per heavy atom. The molecule has 6 heteroatoms. The van der Waals surface area contributed by atoms with Gasteiger partial charge in [-0.05, 0) is 31.0 Å². The van der Waals surface area contributed by atoms with Gasteiger partial charge in [-0.2, -0.15) is 5.10 Å². The molecule has 122 valence electrons. The summed E-state index contributed by atoms with van der Waals surface area (Å²) in [6.45, 7) is 0. The lowest BCUT2D eigenvalue weighted by atomic mass is 10.1. The van der Waals surface area contributed by atoms with Crippen LogP contribution in [0.3, 0.4) is 0 Å². The molecule has 0 aliphatic heterocycles. The van der Waals surface area contributed by atoms with Crippen molar-refractivity contribution in [2.45, 2.75) is 31.7 Å². The number of pyridine rings is 2. The molecule has 3 aromatic rings. The van der Waals surface area contributed by atoms with Crippen LogP contribution in [-0.4, -0.2) is 25.8 Å². The van der Waals surface area contributed by atoms with Gasteiger partial charge in [0.25, 0.3) is 5.56 Å². The zero-order chi connectivity index (χ0) is 16.4. The number of nitrogens with zero attached hydrogens (tertiary/aromatic N) is 3. The van der Waals surface area contributed by atoms with Crippen LogP contribution in [0.15, 0.2) is 53.8 Å². The van der Waals surface area contributed by atoms with E-state index in [1.807, 2.05) is 18.3 Å². The van der Waals surface area contributed by atoms with Gasteiger partial charge in [0.2, 0.25) is 0 Å². The van der Waals surface area contributed by atoms with E-state index in [0.717, 1.165) is 22.6 Å². The second-order valence-electron chi connectivity index (χ2n) is 6.14. The summed E-state index contributed by atoms with van der Waals surface area (Å²) in [5, 5.41) is 10.2. The summed E-state index contributed by atoms with van der Waals surface area (Å²) in [5.74, 6) is 0.865. The van der Waals surface area contributed by atoms with E-state index < -0.39 is 0 Å². The molecule has 3 aromatic heterocycles. The summed E-state index contributed by atoms with van der Waals surface area (Å²) in [7, 11) is 0. The van der Waals surface area contributed by atoms with E-state index in [2.05, 4.69) is 20.5 Å². The van der Waals surface area contributed by atoms with Gasteiger partial charge in [-0.3, -0.25) is 14.5 Å². The molecule has 0 spiro atoms. The van der Waals surface area contributed by atoms with Crippen molar-refractivity contribution in [3.8, 4) is 16.8 Å². The standard InChI is InChI=1S/C18H19N5O/c24-18-8-5-13(14-9-20-21-10-14)12-23(18)16-6-7-17(19-11-16)22-15-3-1-2-4-15/h5-12,15H,1-4H2,(H,19,22)(H,20,21). The van der Waals surface area contributed by atoms with Crippen LogP contribution in [-0.2, 0) is 0 Å². The third-order valence-electron chi connectivity index (χ3n) is 4.48. The van der Waals surface area contributed by atoms with E-state index >= 15 is 0 Å². The largest absolute Gasteiger partial charge is 0.367 e. The molecule has 24 heavy (non-hydrogen) atoms. The number of anilines is 1. The first-order valence-corrected chi connectivity index (χ1v) is 8.24. The maximum atomic E-state index is 12.2. The van der Waals surface area contributed by atoms with E-state index in [-0.39, 0.29) is 5.56 Å². The number of aromatic amines is 1. The Hall–Kier alpha value is -2.89. The lowest BCUT2D eigenvalue weighted by molar-refractivity contribution is 0.750. The lowest BCUT2D eigenvalue weighted by Crippen LogP contribution is -2.18. The molecule has 1 fully saturated rings. The monoisotopic (exact) mass is 321 g/mol. The predicted octanol–water partition coefficient (Wildman–Crippen LogP) is 2.98. The van der Waals surface area contributed by atoms with Crippen molar-refractivity contribution in [3.05, 3.63) is 59.4 Å². The van der Waals surface area contributed by atoms with Crippen LogP contribution in [0.5, 0.6) is 0 Å². The van der Waals surface area contributed by atoms with Crippen molar-refractivity contribution < 1.29 is 0 Å². The molecule has 0 aromatic carbocycles. The van der Waals surface area contributed by atoms with Gasteiger partial charge >= 0.3 is 0 Å². The minimum absolute atomic E-state index is 0.0828. The second-order valence-corrected chi connectivity index (χ2v) is 6.14. The van der Waals surface area contributed by atoms with E-state index in [1.54, 1.807) is 35.3 Å². The fraction of sp³-hybridized carbons (Fsp3) is 0.278. The van der Waals surface area contributed by atoms with E-state index in [0.29, 0.717) is 6.04 Å². The fourth-order valence-corrected chi connectivity index (χ4v) is 3.16. The van der Waals surface area contributed by atoms with Crippen LogP contribution in [0, 0.1) is 0 Å². The smallest absolute Gasteiger partial charge is 0.255 e. The van der Waals surface area contributed by atoms with E-state index in [1.165, 1.54) is 25.7 Å². The number of aromatic nitrogens is 4. The highest BCUT2D eigenvalue weighted by molar-refractivity contribution is 5.60. The molecule has 4 rings (SSSR count). The molecule has 1 aliphatic carbocycles. The minimum atomic E-state index is -0.0828. The number of nitrogens with one attached hydrogen (secondary N) is 2. The van der Waals surface area contributed by atoms with Crippen LogP contribution < -0.4 is 10.9 Å². The average molecular weight is 321 g/mol. The Morgan fingerprint density at radius 3 is 2.67 bits per heavy atom. The molecule has 3 heterocycles. The number of hydrogen-bond acceptors (Lipinski definition) is 4. The summed E-state index contributed by atoms with van der Waals surface area (Å²) >= 11 is 0. The Morgan fingerprint density at radius 2 is 1.96 bits per heavy atom. The Bertz CT molecular complexity index is 861. The van der Waals surface area contributed by atoms with Gasteiger partial charge in [0.05, 0.1) is 18.1 Å². The quantitative estimate of drug-likeness (QED) is 0.774. The molecule has 0 saturated heterocycles. The molecule has 0 bridgehead atoms. The fourth-order valence-electron chi connectivity index (χ4n) is 3.16. The molecule has 0 amide bonds. The number of H-pyrrole nitrogens is 1. The van der Waals surface area contributed by atoms with Gasteiger partial charge in [0.15, 0.2) is 0 Å². The Labute approximate surface area is 139 Å². The number of hydrogen-bond donors (Lipinski definition) is 2. The van der Waals surface area contributed by atoms with Crippen LogP contribution in [0.4, 0.5) is 5.82 Å². The normalized spacial score (nSPS) is 14.8. The molecule has 0 unspecified atom stereocenters. The van der Waals surface area contributed by atoms with E-state index in [9.17, 15) is 4.79 Å². The topological polar surface area (TPSA) is 75.6 Å². The van der Waals surface area contributed by atoms with Gasteiger partial charge in [-0.15, -0.1) is 0 Å². The molecular formula is C18H19N5O. The van der Waals surface area contributed by atoms with Crippen molar-refractivity contribution in [1.82, 2.24) is 19.7 Å². The molecule has 0 atom stereocenters. The van der Waals surface area contributed by atoms with Gasteiger partial charge in [-0.1, -0.05) is 12.8 Å². The maximum absolute atomic E-state index is 12.2. The average Bonchev–Trinajstić information content (AvgIpc) is 3.30. The van der Waals surface area contributed by atoms with Crippen LogP contribution >= 0.6 is 0 Å². The van der Waals surface area contributed by atoms with Crippen LogP contribution in [0.25, 0.3) is 16.8 Å². The van der Waals surface area contributed by atoms with Gasteiger partial charge in [0, 0.05) is 35.6 Å². The van der Waals surface area contributed by atoms with Gasteiger partial charge in [-0.25, -0.2) is 4.98 Å². The lowest BCUT2D eigenvalue weighted by Gasteiger charge is -2.13. The van der Waals surface area contributed by atoms with E-state index in [4.69, 9.17) is 0 Å².